The van der Waals surface area contributed by atoms with Crippen LogP contribution in [-0.4, -0.2) is 10.8 Å². The molecule has 0 amide bonds. The number of thioether (sulfide) groups is 1. The summed E-state index contributed by atoms with van der Waals surface area (Å²) in [6.07, 6.45) is 1.79. The molecule has 0 saturated heterocycles. The smallest absolute Gasteiger partial charge is 0.0613 e. The lowest BCUT2D eigenvalue weighted by Crippen LogP contribution is -1.78. The van der Waals surface area contributed by atoms with E-state index >= 15 is 0 Å². The summed E-state index contributed by atoms with van der Waals surface area (Å²) in [7, 11) is 0. The van der Waals surface area contributed by atoms with Gasteiger partial charge in [-0.25, -0.2) is 0 Å². The molecule has 48 valence electrons. The minimum Gasteiger partial charge on any atom is -0.299 e. The maximum Gasteiger partial charge on any atom is 0.0613 e. The lowest BCUT2D eigenvalue weighted by molar-refractivity contribution is 1.53. The summed E-state index contributed by atoms with van der Waals surface area (Å²) < 4.78 is 0. The quantitative estimate of drug-likeness (QED) is 0.409. The standard InChI is InChI=1S/C5H9NS.BrH/c1-3-4-7-5(2)6;/h3,6H,1,4H2,2H3;1H. The Morgan fingerprint density at radius 3 is 2.50 bits per heavy atom. The van der Waals surface area contributed by atoms with Crippen LogP contribution in [0.25, 0.3) is 0 Å². The van der Waals surface area contributed by atoms with Gasteiger partial charge in [-0.1, -0.05) is 6.08 Å². The molecule has 0 aromatic rings. The maximum atomic E-state index is 6.91. The molecular formula is C5H10BrNS. The number of rotatable bonds is 2. The van der Waals surface area contributed by atoms with E-state index in [1.807, 2.05) is 0 Å². The van der Waals surface area contributed by atoms with Crippen molar-refractivity contribution in [1.82, 2.24) is 0 Å². The Balaban J connectivity index is 0. The van der Waals surface area contributed by atoms with Crippen molar-refractivity contribution in [3.8, 4) is 0 Å². The van der Waals surface area contributed by atoms with Crippen LogP contribution in [0.5, 0.6) is 0 Å². The van der Waals surface area contributed by atoms with Crippen LogP contribution in [0.2, 0.25) is 0 Å². The van der Waals surface area contributed by atoms with Gasteiger partial charge < -0.3 is 0 Å². The molecule has 1 N–H and O–H groups in total. The Kier molecular flexibility index (Phi) is 10.0. The molecule has 0 aliphatic rings. The average Bonchev–Trinajstić information content (AvgIpc) is 1.61. The number of halogens is 1. The molecule has 0 radical (unpaired) electrons. The van der Waals surface area contributed by atoms with Gasteiger partial charge in [-0.15, -0.1) is 35.3 Å². The normalized spacial score (nSPS) is 7.12. The van der Waals surface area contributed by atoms with Crippen LogP contribution in [-0.2, 0) is 0 Å². The van der Waals surface area contributed by atoms with E-state index in [1.54, 1.807) is 13.0 Å². The predicted molar refractivity (Wildman–Crippen MR) is 46.4 cm³/mol. The van der Waals surface area contributed by atoms with E-state index < -0.39 is 0 Å². The highest BCUT2D eigenvalue weighted by atomic mass is 79.9. The van der Waals surface area contributed by atoms with Gasteiger partial charge in [0, 0.05) is 5.75 Å². The molecule has 0 aromatic heterocycles. The first kappa shape index (κ1) is 11.1. The zero-order valence-electron chi connectivity index (χ0n) is 4.81. The number of hydrogen-bond acceptors (Lipinski definition) is 2. The SMILES string of the molecule is Br.C=CCSC(C)=N. The fourth-order valence-corrected chi connectivity index (χ4v) is 0.552. The fraction of sp³-hybridized carbons (Fsp3) is 0.400. The van der Waals surface area contributed by atoms with E-state index in [0.29, 0.717) is 5.04 Å². The molecule has 0 spiro atoms. The molecule has 0 aliphatic carbocycles. The molecule has 0 fully saturated rings. The van der Waals surface area contributed by atoms with Crippen molar-refractivity contribution in [2.24, 2.45) is 0 Å². The molecule has 0 saturated carbocycles. The Morgan fingerprint density at radius 2 is 2.38 bits per heavy atom. The predicted octanol–water partition coefficient (Wildman–Crippen LogP) is 2.48. The van der Waals surface area contributed by atoms with Gasteiger partial charge in [-0.2, -0.15) is 0 Å². The highest BCUT2D eigenvalue weighted by Gasteiger charge is 1.80. The Bertz CT molecular complexity index is 82.5. The third kappa shape index (κ3) is 9.53. The van der Waals surface area contributed by atoms with Gasteiger partial charge >= 0.3 is 0 Å². The van der Waals surface area contributed by atoms with Crippen LogP contribution in [0.1, 0.15) is 6.92 Å². The summed E-state index contributed by atoms with van der Waals surface area (Å²) in [4.78, 5) is 0. The first-order chi connectivity index (χ1) is 3.27. The highest BCUT2D eigenvalue weighted by Crippen LogP contribution is 1.99. The Labute approximate surface area is 64.8 Å². The van der Waals surface area contributed by atoms with Crippen molar-refractivity contribution in [2.75, 3.05) is 5.75 Å². The average molecular weight is 196 g/mol. The van der Waals surface area contributed by atoms with Crippen molar-refractivity contribution < 1.29 is 0 Å². The van der Waals surface area contributed by atoms with E-state index in [9.17, 15) is 0 Å². The minimum absolute atomic E-state index is 0. The van der Waals surface area contributed by atoms with Crippen LogP contribution >= 0.6 is 28.7 Å². The van der Waals surface area contributed by atoms with Crippen LogP contribution in [0.3, 0.4) is 0 Å². The van der Waals surface area contributed by atoms with Gasteiger partial charge in [0.05, 0.1) is 5.04 Å². The van der Waals surface area contributed by atoms with Gasteiger partial charge in [-0.05, 0) is 6.92 Å². The van der Waals surface area contributed by atoms with Crippen molar-refractivity contribution >= 4 is 33.8 Å². The molecular weight excluding hydrogens is 186 g/mol. The molecule has 0 atom stereocenters. The molecule has 3 heteroatoms. The van der Waals surface area contributed by atoms with Gasteiger partial charge in [-0.3, -0.25) is 5.41 Å². The second-order valence-corrected chi connectivity index (χ2v) is 2.39. The first-order valence-corrected chi connectivity index (χ1v) is 3.04. The first-order valence-electron chi connectivity index (χ1n) is 2.06. The molecule has 0 heterocycles. The molecule has 0 bridgehead atoms. The third-order valence-corrected chi connectivity index (χ3v) is 1.25. The highest BCUT2D eigenvalue weighted by molar-refractivity contribution is 8.93. The lowest BCUT2D eigenvalue weighted by Gasteiger charge is -1.87. The van der Waals surface area contributed by atoms with E-state index in [2.05, 4.69) is 6.58 Å². The van der Waals surface area contributed by atoms with E-state index in [0.717, 1.165) is 5.75 Å². The summed E-state index contributed by atoms with van der Waals surface area (Å²) in [6, 6.07) is 0. The van der Waals surface area contributed by atoms with Crippen molar-refractivity contribution in [1.29, 1.82) is 5.41 Å². The van der Waals surface area contributed by atoms with Crippen molar-refractivity contribution in [2.45, 2.75) is 6.92 Å². The number of nitrogens with one attached hydrogen (secondary N) is 1. The molecule has 0 rings (SSSR count). The molecule has 0 aromatic carbocycles. The van der Waals surface area contributed by atoms with Crippen LogP contribution in [0.4, 0.5) is 0 Å². The van der Waals surface area contributed by atoms with Gasteiger partial charge in [0.1, 0.15) is 0 Å². The molecule has 0 unspecified atom stereocenters. The van der Waals surface area contributed by atoms with Gasteiger partial charge in [0.15, 0.2) is 0 Å². The van der Waals surface area contributed by atoms with Crippen molar-refractivity contribution in [3.05, 3.63) is 12.7 Å². The minimum atomic E-state index is 0. The maximum absolute atomic E-state index is 6.91. The Morgan fingerprint density at radius 1 is 1.88 bits per heavy atom. The second-order valence-electron chi connectivity index (χ2n) is 1.16. The summed E-state index contributed by atoms with van der Waals surface area (Å²) in [6.45, 7) is 5.29. The second kappa shape index (κ2) is 7.24. The Hall–Kier alpha value is 0.240. The summed E-state index contributed by atoms with van der Waals surface area (Å²) in [5.74, 6) is 0.856. The van der Waals surface area contributed by atoms with Crippen LogP contribution in [0, 0.1) is 5.41 Å². The van der Waals surface area contributed by atoms with Crippen molar-refractivity contribution in [3.63, 3.8) is 0 Å². The van der Waals surface area contributed by atoms with Crippen LogP contribution < -0.4 is 0 Å². The fourth-order valence-electron chi connectivity index (χ4n) is 0.184. The lowest BCUT2D eigenvalue weighted by atomic mass is 10.8. The van der Waals surface area contributed by atoms with Gasteiger partial charge in [0.2, 0.25) is 0 Å². The zero-order chi connectivity index (χ0) is 5.70. The summed E-state index contributed by atoms with van der Waals surface area (Å²) in [5.41, 5.74) is 0. The third-order valence-electron chi connectivity index (χ3n) is 0.418. The summed E-state index contributed by atoms with van der Waals surface area (Å²) >= 11 is 1.50. The summed E-state index contributed by atoms with van der Waals surface area (Å²) in [5, 5.41) is 7.57. The molecule has 8 heavy (non-hydrogen) atoms. The van der Waals surface area contributed by atoms with E-state index in [4.69, 9.17) is 5.41 Å². The molecule has 1 nitrogen and oxygen atoms in total. The van der Waals surface area contributed by atoms with E-state index in [-0.39, 0.29) is 17.0 Å². The van der Waals surface area contributed by atoms with E-state index in [1.165, 1.54) is 11.8 Å². The molecule has 0 aliphatic heterocycles. The number of hydrogen-bond donors (Lipinski definition) is 1. The zero-order valence-corrected chi connectivity index (χ0v) is 7.34. The topological polar surface area (TPSA) is 23.9 Å². The van der Waals surface area contributed by atoms with Crippen LogP contribution in [0.15, 0.2) is 12.7 Å². The van der Waals surface area contributed by atoms with Gasteiger partial charge in [0.25, 0.3) is 0 Å². The monoisotopic (exact) mass is 195 g/mol. The largest absolute Gasteiger partial charge is 0.299 e.